The van der Waals surface area contributed by atoms with Crippen LogP contribution in [-0.2, 0) is 24.4 Å². The number of benzene rings is 1. The number of nitrogens with zero attached hydrogens (tertiary/aromatic N) is 2. The van der Waals surface area contributed by atoms with Crippen molar-refractivity contribution in [1.29, 1.82) is 0 Å². The summed E-state index contributed by atoms with van der Waals surface area (Å²) in [5.41, 5.74) is 0.213. The Kier molecular flexibility index (Phi) is 6.88. The maximum Gasteiger partial charge on any atom is 0.247 e. The van der Waals surface area contributed by atoms with E-state index in [0.29, 0.717) is 12.8 Å². The third kappa shape index (κ3) is 4.26. The number of fused-ring (bicyclic) bond motifs is 1. The van der Waals surface area contributed by atoms with E-state index in [4.69, 9.17) is 11.6 Å². The standard InChI is InChI=1S/C21H26ClN3O5S/c1-4-24(5-2)31(29,30)18-12-14(10-11-17(18)22)23-19(26)13(3)25-20(27)15-8-6-7-9-16(15)21(25)28/h6-7,10-13,15-16H,4-5,8-9H2,1-3H3,(H,23,26). The quantitative estimate of drug-likeness (QED) is 0.490. The van der Waals surface area contributed by atoms with Crippen LogP contribution in [0.25, 0.3) is 0 Å². The normalized spacial score (nSPS) is 22.0. The Labute approximate surface area is 187 Å². The van der Waals surface area contributed by atoms with Crippen LogP contribution in [0.1, 0.15) is 33.6 Å². The minimum absolute atomic E-state index is 0.0411. The Bertz CT molecular complexity index is 1010. The summed E-state index contributed by atoms with van der Waals surface area (Å²) in [6, 6.07) is 3.14. The highest BCUT2D eigenvalue weighted by Crippen LogP contribution is 2.36. The summed E-state index contributed by atoms with van der Waals surface area (Å²) in [4.78, 5) is 39.2. The van der Waals surface area contributed by atoms with E-state index in [1.807, 2.05) is 12.2 Å². The van der Waals surface area contributed by atoms with E-state index in [-0.39, 0.29) is 40.5 Å². The summed E-state index contributed by atoms with van der Waals surface area (Å²) in [6.45, 7) is 5.48. The lowest BCUT2D eigenvalue weighted by atomic mass is 9.85. The zero-order valence-electron chi connectivity index (χ0n) is 17.7. The number of likely N-dealkylation sites (tertiary alicyclic amines) is 1. The average molecular weight is 468 g/mol. The first kappa shape index (κ1) is 23.4. The van der Waals surface area contributed by atoms with Crippen LogP contribution in [0.2, 0.25) is 5.02 Å². The highest BCUT2D eigenvalue weighted by atomic mass is 35.5. The predicted octanol–water partition coefficient (Wildman–Crippen LogP) is 2.65. The number of rotatable bonds is 7. The molecule has 0 bridgehead atoms. The number of anilines is 1. The number of hydrogen-bond donors (Lipinski definition) is 1. The number of allylic oxidation sites excluding steroid dienone is 2. The van der Waals surface area contributed by atoms with Gasteiger partial charge in [-0.05, 0) is 38.0 Å². The first-order valence-electron chi connectivity index (χ1n) is 10.3. The van der Waals surface area contributed by atoms with Crippen LogP contribution in [0.5, 0.6) is 0 Å². The van der Waals surface area contributed by atoms with Gasteiger partial charge in [0.05, 0.1) is 16.9 Å². The van der Waals surface area contributed by atoms with Gasteiger partial charge in [-0.1, -0.05) is 37.6 Å². The van der Waals surface area contributed by atoms with E-state index in [1.54, 1.807) is 13.8 Å². The van der Waals surface area contributed by atoms with E-state index in [1.165, 1.54) is 29.4 Å². The van der Waals surface area contributed by atoms with Crippen LogP contribution in [-0.4, -0.2) is 54.5 Å². The van der Waals surface area contributed by atoms with Crippen LogP contribution >= 0.6 is 11.6 Å². The van der Waals surface area contributed by atoms with Gasteiger partial charge in [-0.15, -0.1) is 0 Å². The first-order valence-corrected chi connectivity index (χ1v) is 12.1. The number of halogens is 1. The van der Waals surface area contributed by atoms with Gasteiger partial charge in [0, 0.05) is 18.8 Å². The molecule has 1 aromatic carbocycles. The number of hydrogen-bond acceptors (Lipinski definition) is 5. The molecule has 10 heteroatoms. The van der Waals surface area contributed by atoms with Crippen LogP contribution in [0.3, 0.4) is 0 Å². The van der Waals surface area contributed by atoms with E-state index in [2.05, 4.69) is 5.32 Å². The van der Waals surface area contributed by atoms with E-state index in [0.717, 1.165) is 4.90 Å². The van der Waals surface area contributed by atoms with Gasteiger partial charge >= 0.3 is 0 Å². The Balaban J connectivity index is 1.81. The lowest BCUT2D eigenvalue weighted by Crippen LogP contribution is -2.46. The molecule has 1 heterocycles. The van der Waals surface area contributed by atoms with Crippen molar-refractivity contribution >= 4 is 45.0 Å². The summed E-state index contributed by atoms with van der Waals surface area (Å²) in [5, 5.41) is 2.65. The maximum atomic E-state index is 12.9. The SMILES string of the molecule is CCN(CC)S(=O)(=O)c1cc(NC(=O)C(C)N2C(=O)C3CC=CCC3C2=O)ccc1Cl. The molecule has 0 spiro atoms. The minimum atomic E-state index is -3.83. The third-order valence-electron chi connectivity index (χ3n) is 5.83. The molecule has 0 radical (unpaired) electrons. The molecule has 1 fully saturated rings. The number of imide groups is 1. The molecule has 2 aliphatic rings. The molecule has 0 aromatic heterocycles. The zero-order valence-corrected chi connectivity index (χ0v) is 19.2. The molecule has 0 saturated carbocycles. The highest BCUT2D eigenvalue weighted by Gasteiger charge is 2.50. The number of amides is 3. The van der Waals surface area contributed by atoms with Crippen molar-refractivity contribution in [1.82, 2.24) is 9.21 Å². The van der Waals surface area contributed by atoms with Crippen LogP contribution in [0.15, 0.2) is 35.2 Å². The fourth-order valence-corrected chi connectivity index (χ4v) is 6.01. The van der Waals surface area contributed by atoms with Gasteiger partial charge in [-0.25, -0.2) is 8.42 Å². The molecular weight excluding hydrogens is 442 g/mol. The van der Waals surface area contributed by atoms with Crippen molar-refractivity contribution in [2.24, 2.45) is 11.8 Å². The number of sulfonamides is 1. The maximum absolute atomic E-state index is 12.9. The molecule has 3 amide bonds. The van der Waals surface area contributed by atoms with Crippen molar-refractivity contribution in [3.05, 3.63) is 35.4 Å². The summed E-state index contributed by atoms with van der Waals surface area (Å²) in [7, 11) is -3.83. The summed E-state index contributed by atoms with van der Waals surface area (Å²) in [5.74, 6) is -2.11. The number of nitrogens with one attached hydrogen (secondary N) is 1. The molecule has 31 heavy (non-hydrogen) atoms. The molecule has 3 atom stereocenters. The first-order chi connectivity index (χ1) is 14.6. The van der Waals surface area contributed by atoms with Gasteiger partial charge in [0.1, 0.15) is 10.9 Å². The molecule has 3 rings (SSSR count). The van der Waals surface area contributed by atoms with Crippen LogP contribution < -0.4 is 5.32 Å². The summed E-state index contributed by atoms with van der Waals surface area (Å²) in [6.07, 6.45) is 4.74. The van der Waals surface area contributed by atoms with Gasteiger partial charge in [0.2, 0.25) is 27.7 Å². The Hall–Kier alpha value is -2.23. The van der Waals surface area contributed by atoms with E-state index in [9.17, 15) is 22.8 Å². The second-order valence-corrected chi connectivity index (χ2v) is 9.92. The fourth-order valence-electron chi connectivity index (χ4n) is 4.05. The monoisotopic (exact) mass is 467 g/mol. The number of carbonyl (C=O) groups excluding carboxylic acids is 3. The molecule has 1 aliphatic heterocycles. The van der Waals surface area contributed by atoms with Gasteiger partial charge in [0.15, 0.2) is 0 Å². The van der Waals surface area contributed by atoms with Crippen molar-refractivity contribution in [2.75, 3.05) is 18.4 Å². The summed E-state index contributed by atoms with van der Waals surface area (Å²) >= 11 is 6.13. The smallest absolute Gasteiger partial charge is 0.247 e. The molecule has 8 nitrogen and oxygen atoms in total. The van der Waals surface area contributed by atoms with Crippen molar-refractivity contribution in [3.63, 3.8) is 0 Å². The molecule has 1 saturated heterocycles. The largest absolute Gasteiger partial charge is 0.324 e. The van der Waals surface area contributed by atoms with Crippen LogP contribution in [0.4, 0.5) is 5.69 Å². The molecular formula is C21H26ClN3O5S. The topological polar surface area (TPSA) is 104 Å². The van der Waals surface area contributed by atoms with Crippen molar-refractivity contribution < 1.29 is 22.8 Å². The molecule has 1 aliphatic carbocycles. The van der Waals surface area contributed by atoms with Gasteiger partial charge in [0.25, 0.3) is 0 Å². The van der Waals surface area contributed by atoms with Gasteiger partial charge in [-0.3, -0.25) is 19.3 Å². The van der Waals surface area contributed by atoms with E-state index < -0.39 is 33.8 Å². The minimum Gasteiger partial charge on any atom is -0.324 e. The average Bonchev–Trinajstić information content (AvgIpc) is 3.00. The highest BCUT2D eigenvalue weighted by molar-refractivity contribution is 7.89. The Morgan fingerprint density at radius 1 is 1.16 bits per heavy atom. The molecule has 3 unspecified atom stereocenters. The Morgan fingerprint density at radius 3 is 2.23 bits per heavy atom. The van der Waals surface area contributed by atoms with Crippen molar-refractivity contribution in [3.8, 4) is 0 Å². The molecule has 168 valence electrons. The van der Waals surface area contributed by atoms with Gasteiger partial charge in [-0.2, -0.15) is 4.31 Å². The number of carbonyl (C=O) groups is 3. The van der Waals surface area contributed by atoms with Gasteiger partial charge < -0.3 is 5.32 Å². The second kappa shape index (κ2) is 9.10. The third-order valence-corrected chi connectivity index (χ3v) is 8.36. The Morgan fingerprint density at radius 2 is 1.71 bits per heavy atom. The fraction of sp³-hybridized carbons (Fsp3) is 0.476. The second-order valence-electron chi connectivity index (χ2n) is 7.60. The van der Waals surface area contributed by atoms with Crippen LogP contribution in [0, 0.1) is 11.8 Å². The molecule has 1 N–H and O–H groups in total. The lowest BCUT2D eigenvalue weighted by Gasteiger charge is -2.23. The molecule has 1 aromatic rings. The van der Waals surface area contributed by atoms with Crippen molar-refractivity contribution in [2.45, 2.75) is 44.6 Å². The lowest BCUT2D eigenvalue weighted by molar-refractivity contribution is -0.146. The zero-order chi connectivity index (χ0) is 22.9. The van der Waals surface area contributed by atoms with E-state index >= 15 is 0 Å². The predicted molar refractivity (Wildman–Crippen MR) is 117 cm³/mol. The summed E-state index contributed by atoms with van der Waals surface area (Å²) < 4.78 is 27.0.